The second-order valence-electron chi connectivity index (χ2n) is 4.24. The number of aromatic nitrogens is 1. The maximum Gasteiger partial charge on any atom is 0.315 e. The molecule has 0 spiro atoms. The molecule has 0 aromatic carbocycles. The highest BCUT2D eigenvalue weighted by molar-refractivity contribution is 7.99. The summed E-state index contributed by atoms with van der Waals surface area (Å²) in [5.41, 5.74) is 0.207. The van der Waals surface area contributed by atoms with Crippen LogP contribution in [0.4, 0.5) is 0 Å². The molecule has 1 N–H and O–H groups in total. The molecule has 1 unspecified atom stereocenters. The molecule has 3 nitrogen and oxygen atoms in total. The number of fused-ring (bicyclic) bond motifs is 1. The molecule has 0 bridgehead atoms. The van der Waals surface area contributed by atoms with Crippen LogP contribution in [0.2, 0.25) is 0 Å². The predicted octanol–water partition coefficient (Wildman–Crippen LogP) is 2.51. The first-order chi connectivity index (χ1) is 7.58. The molecule has 0 aliphatic carbocycles. The molecule has 2 rings (SSSR count). The van der Waals surface area contributed by atoms with E-state index in [0.29, 0.717) is 6.42 Å². The van der Waals surface area contributed by atoms with E-state index < -0.39 is 11.4 Å². The normalized spacial score (nSPS) is 23.1. The molecular formula is C12H15NO2S. The van der Waals surface area contributed by atoms with E-state index >= 15 is 0 Å². The van der Waals surface area contributed by atoms with Crippen molar-refractivity contribution in [3.05, 3.63) is 30.6 Å². The van der Waals surface area contributed by atoms with Crippen LogP contribution >= 0.6 is 11.8 Å². The van der Waals surface area contributed by atoms with E-state index in [0.717, 1.165) is 22.9 Å². The van der Waals surface area contributed by atoms with E-state index in [1.165, 1.54) is 0 Å². The third-order valence-corrected chi connectivity index (χ3v) is 4.09. The van der Waals surface area contributed by atoms with Gasteiger partial charge in [0.1, 0.15) is 5.41 Å². The Morgan fingerprint density at radius 1 is 1.81 bits per heavy atom. The molecule has 0 fully saturated rings. The number of rotatable bonds is 4. The van der Waals surface area contributed by atoms with Crippen molar-refractivity contribution in [2.45, 2.75) is 30.2 Å². The Morgan fingerprint density at radius 3 is 3.19 bits per heavy atom. The van der Waals surface area contributed by atoms with Gasteiger partial charge in [-0.15, -0.1) is 18.3 Å². The minimum Gasteiger partial charge on any atom is -0.481 e. The van der Waals surface area contributed by atoms with E-state index in [-0.39, 0.29) is 0 Å². The molecule has 16 heavy (non-hydrogen) atoms. The SMILES string of the molecule is C=CCSc1cc2n(c1)CCC2(C)C(=O)O. The summed E-state index contributed by atoms with van der Waals surface area (Å²) >= 11 is 1.69. The predicted molar refractivity (Wildman–Crippen MR) is 65.0 cm³/mol. The number of aliphatic carboxylic acids is 1. The van der Waals surface area contributed by atoms with Crippen molar-refractivity contribution in [1.82, 2.24) is 4.57 Å². The van der Waals surface area contributed by atoms with Crippen LogP contribution in [0.25, 0.3) is 0 Å². The van der Waals surface area contributed by atoms with Crippen LogP contribution in [0.3, 0.4) is 0 Å². The van der Waals surface area contributed by atoms with Crippen molar-refractivity contribution in [3.63, 3.8) is 0 Å². The van der Waals surface area contributed by atoms with E-state index in [2.05, 4.69) is 11.1 Å². The van der Waals surface area contributed by atoms with Crippen LogP contribution in [0.15, 0.2) is 29.8 Å². The summed E-state index contributed by atoms with van der Waals surface area (Å²) in [6.45, 7) is 6.27. The summed E-state index contributed by atoms with van der Waals surface area (Å²) in [6.07, 6.45) is 4.58. The molecule has 1 aromatic heterocycles. The van der Waals surface area contributed by atoms with Crippen LogP contribution in [0.1, 0.15) is 19.0 Å². The average molecular weight is 237 g/mol. The molecule has 0 amide bonds. The Hall–Kier alpha value is -1.16. The van der Waals surface area contributed by atoms with Gasteiger partial charge in [0.15, 0.2) is 0 Å². The first-order valence-corrected chi connectivity index (χ1v) is 6.24. The molecule has 0 saturated heterocycles. The first kappa shape index (κ1) is 11.3. The second-order valence-corrected chi connectivity index (χ2v) is 5.33. The van der Waals surface area contributed by atoms with Crippen molar-refractivity contribution in [2.75, 3.05) is 5.75 Å². The molecule has 1 aromatic rings. The highest BCUT2D eigenvalue weighted by Gasteiger charge is 2.42. The lowest BCUT2D eigenvalue weighted by Crippen LogP contribution is -2.29. The summed E-state index contributed by atoms with van der Waals surface area (Å²) in [6, 6.07) is 2.00. The van der Waals surface area contributed by atoms with Crippen LogP contribution in [0, 0.1) is 0 Å². The van der Waals surface area contributed by atoms with Gasteiger partial charge in [-0.2, -0.15) is 0 Å². The Balaban J connectivity index is 2.29. The topological polar surface area (TPSA) is 42.2 Å². The van der Waals surface area contributed by atoms with Crippen LogP contribution < -0.4 is 0 Å². The first-order valence-electron chi connectivity index (χ1n) is 5.25. The van der Waals surface area contributed by atoms with E-state index in [1.807, 2.05) is 18.3 Å². The van der Waals surface area contributed by atoms with E-state index in [1.54, 1.807) is 18.7 Å². The lowest BCUT2D eigenvalue weighted by atomic mass is 9.86. The molecule has 4 heteroatoms. The third kappa shape index (κ3) is 1.67. The highest BCUT2D eigenvalue weighted by Crippen LogP contribution is 2.38. The molecule has 1 aliphatic rings. The van der Waals surface area contributed by atoms with Crippen molar-refractivity contribution in [1.29, 1.82) is 0 Å². The van der Waals surface area contributed by atoms with Crippen molar-refractivity contribution in [2.24, 2.45) is 0 Å². The Bertz CT molecular complexity index is 438. The zero-order chi connectivity index (χ0) is 11.8. The summed E-state index contributed by atoms with van der Waals surface area (Å²) in [5.74, 6) is 0.123. The summed E-state index contributed by atoms with van der Waals surface area (Å²) in [5, 5.41) is 9.27. The maximum atomic E-state index is 11.3. The number of hydrogen-bond acceptors (Lipinski definition) is 2. The van der Waals surface area contributed by atoms with Crippen molar-refractivity contribution >= 4 is 17.7 Å². The largest absolute Gasteiger partial charge is 0.481 e. The molecule has 1 atom stereocenters. The van der Waals surface area contributed by atoms with Gasteiger partial charge < -0.3 is 9.67 Å². The van der Waals surface area contributed by atoms with Gasteiger partial charge in [-0.3, -0.25) is 4.79 Å². The van der Waals surface area contributed by atoms with Crippen molar-refractivity contribution < 1.29 is 9.90 Å². The average Bonchev–Trinajstić information content (AvgIpc) is 2.77. The number of carbonyl (C=O) groups is 1. The molecule has 0 radical (unpaired) electrons. The van der Waals surface area contributed by atoms with Gasteiger partial charge in [-0.1, -0.05) is 6.08 Å². The molecule has 86 valence electrons. The van der Waals surface area contributed by atoms with Gasteiger partial charge in [-0.25, -0.2) is 0 Å². The Kier molecular flexibility index (Phi) is 2.84. The van der Waals surface area contributed by atoms with Gasteiger partial charge in [0.2, 0.25) is 0 Å². The fraction of sp³-hybridized carbons (Fsp3) is 0.417. The Morgan fingerprint density at radius 2 is 2.56 bits per heavy atom. The van der Waals surface area contributed by atoms with Crippen LogP contribution in [-0.4, -0.2) is 21.4 Å². The van der Waals surface area contributed by atoms with E-state index in [4.69, 9.17) is 0 Å². The second kappa shape index (κ2) is 4.01. The van der Waals surface area contributed by atoms with Crippen molar-refractivity contribution in [3.8, 4) is 0 Å². The van der Waals surface area contributed by atoms with Gasteiger partial charge in [0.05, 0.1) is 0 Å². The Labute approximate surface area is 99.2 Å². The third-order valence-electron chi connectivity index (χ3n) is 3.13. The molecular weight excluding hydrogens is 222 g/mol. The zero-order valence-corrected chi connectivity index (χ0v) is 10.1. The summed E-state index contributed by atoms with van der Waals surface area (Å²) < 4.78 is 2.06. The molecule has 1 aliphatic heterocycles. The van der Waals surface area contributed by atoms with Gasteiger partial charge in [-0.05, 0) is 19.4 Å². The number of hydrogen-bond donors (Lipinski definition) is 1. The molecule has 0 saturated carbocycles. The summed E-state index contributed by atoms with van der Waals surface area (Å²) in [7, 11) is 0. The number of carboxylic acids is 1. The maximum absolute atomic E-state index is 11.3. The van der Waals surface area contributed by atoms with Gasteiger partial charge >= 0.3 is 5.97 Å². The number of carboxylic acid groups (broad SMARTS) is 1. The summed E-state index contributed by atoms with van der Waals surface area (Å²) in [4.78, 5) is 12.4. The smallest absolute Gasteiger partial charge is 0.315 e. The minimum atomic E-state index is -0.732. The van der Waals surface area contributed by atoms with Crippen LogP contribution in [-0.2, 0) is 16.8 Å². The van der Waals surface area contributed by atoms with Gasteiger partial charge in [0, 0.05) is 29.1 Å². The number of aryl methyl sites for hydroxylation is 1. The van der Waals surface area contributed by atoms with Gasteiger partial charge in [0.25, 0.3) is 0 Å². The lowest BCUT2D eigenvalue weighted by Gasteiger charge is -2.16. The number of nitrogens with zero attached hydrogens (tertiary/aromatic N) is 1. The fourth-order valence-electron chi connectivity index (χ4n) is 2.06. The quantitative estimate of drug-likeness (QED) is 0.646. The lowest BCUT2D eigenvalue weighted by molar-refractivity contribution is -0.143. The minimum absolute atomic E-state index is 0.685. The highest BCUT2D eigenvalue weighted by atomic mass is 32.2. The fourth-order valence-corrected chi connectivity index (χ4v) is 2.77. The monoisotopic (exact) mass is 237 g/mol. The number of thioether (sulfide) groups is 1. The standard InChI is InChI=1S/C12H15NO2S/c1-3-6-16-9-7-10-12(2,11(14)15)4-5-13(10)8-9/h3,7-8H,1,4-6H2,2H3,(H,14,15). The molecule has 2 heterocycles. The van der Waals surface area contributed by atoms with Crippen LogP contribution in [0.5, 0.6) is 0 Å². The zero-order valence-electron chi connectivity index (χ0n) is 9.27. The van der Waals surface area contributed by atoms with E-state index in [9.17, 15) is 9.90 Å².